The number of hydrogen-bond donors (Lipinski definition) is 1. The van der Waals surface area contributed by atoms with Gasteiger partial charge in [-0.3, -0.25) is 9.59 Å². The molecule has 0 aliphatic carbocycles. The van der Waals surface area contributed by atoms with Crippen molar-refractivity contribution < 1.29 is 19.1 Å². The predicted molar refractivity (Wildman–Crippen MR) is 113 cm³/mol. The number of ether oxygens (including phenoxy) is 2. The zero-order chi connectivity index (χ0) is 21.5. The number of amides is 2. The predicted octanol–water partition coefficient (Wildman–Crippen LogP) is 2.02. The van der Waals surface area contributed by atoms with Crippen molar-refractivity contribution in [2.24, 2.45) is 0 Å². The number of hydrogen-bond acceptors (Lipinski definition) is 6. The average Bonchev–Trinajstić information content (AvgIpc) is 3.22. The summed E-state index contributed by atoms with van der Waals surface area (Å²) < 4.78 is 13.1. The molecule has 160 valence electrons. The summed E-state index contributed by atoms with van der Waals surface area (Å²) in [5.74, 6) is 0.988. The number of fused-ring (bicyclic) bond motifs is 2. The summed E-state index contributed by atoms with van der Waals surface area (Å²) in [6.07, 6.45) is 1.67. The zero-order valence-electron chi connectivity index (χ0n) is 17.4. The normalized spacial score (nSPS) is 16.0. The van der Waals surface area contributed by atoms with Crippen LogP contribution in [0.15, 0.2) is 30.5 Å². The number of carbonyl (C=O) groups is 2. The second-order valence-corrected chi connectivity index (χ2v) is 7.91. The topological polar surface area (TPSA) is 98.6 Å². The molecule has 5 rings (SSSR count). The van der Waals surface area contributed by atoms with Gasteiger partial charge < -0.3 is 19.7 Å². The van der Waals surface area contributed by atoms with Gasteiger partial charge in [0.1, 0.15) is 13.2 Å². The molecule has 2 aliphatic heterocycles. The average molecular weight is 421 g/mol. The highest BCUT2D eigenvalue weighted by molar-refractivity contribution is 6.07. The van der Waals surface area contributed by atoms with Gasteiger partial charge >= 0.3 is 0 Å². The lowest BCUT2D eigenvalue weighted by atomic mass is 10.0. The van der Waals surface area contributed by atoms with Gasteiger partial charge in [-0.15, -0.1) is 0 Å². The first-order valence-electron chi connectivity index (χ1n) is 10.4. The van der Waals surface area contributed by atoms with Crippen LogP contribution in [0.3, 0.4) is 0 Å². The second kappa shape index (κ2) is 7.57. The van der Waals surface area contributed by atoms with Crippen molar-refractivity contribution in [3.63, 3.8) is 0 Å². The Balaban J connectivity index is 1.64. The van der Waals surface area contributed by atoms with Crippen molar-refractivity contribution in [3.8, 4) is 22.8 Å². The minimum absolute atomic E-state index is 0.0420. The Kier molecular flexibility index (Phi) is 4.72. The summed E-state index contributed by atoms with van der Waals surface area (Å²) >= 11 is 0. The smallest absolute Gasteiger partial charge is 0.255 e. The molecule has 9 nitrogen and oxygen atoms in total. The lowest BCUT2D eigenvalue weighted by Gasteiger charge is -2.27. The summed E-state index contributed by atoms with van der Waals surface area (Å²) in [7, 11) is 0. The Labute approximate surface area is 178 Å². The van der Waals surface area contributed by atoms with E-state index >= 15 is 0 Å². The lowest BCUT2D eigenvalue weighted by Crippen LogP contribution is -2.50. The fourth-order valence-electron chi connectivity index (χ4n) is 3.91. The molecule has 2 amide bonds. The molecule has 3 aromatic rings. The molecule has 0 spiro atoms. The Hall–Kier alpha value is -3.62. The number of nitrogens with zero attached hydrogens (tertiary/aromatic N) is 4. The summed E-state index contributed by atoms with van der Waals surface area (Å²) in [6.45, 7) is 5.99. The molecule has 1 saturated heterocycles. The summed E-state index contributed by atoms with van der Waals surface area (Å²) in [6, 6.07) is 7.48. The maximum absolute atomic E-state index is 13.4. The highest BCUT2D eigenvalue weighted by Crippen LogP contribution is 2.35. The van der Waals surface area contributed by atoms with Crippen LogP contribution >= 0.6 is 0 Å². The first-order chi connectivity index (χ1) is 15.0. The van der Waals surface area contributed by atoms with Gasteiger partial charge in [0.15, 0.2) is 17.1 Å². The number of pyridine rings is 1. The van der Waals surface area contributed by atoms with E-state index in [9.17, 15) is 9.59 Å². The van der Waals surface area contributed by atoms with E-state index in [-0.39, 0.29) is 24.4 Å². The van der Waals surface area contributed by atoms with Crippen LogP contribution in [0.4, 0.5) is 0 Å². The van der Waals surface area contributed by atoms with Gasteiger partial charge in [0.05, 0.1) is 29.4 Å². The fraction of sp³-hybridized carbons (Fsp3) is 0.364. The number of rotatable bonds is 3. The van der Waals surface area contributed by atoms with E-state index in [2.05, 4.69) is 10.4 Å². The van der Waals surface area contributed by atoms with E-state index in [0.29, 0.717) is 60.1 Å². The van der Waals surface area contributed by atoms with Crippen molar-refractivity contribution in [1.29, 1.82) is 0 Å². The van der Waals surface area contributed by atoms with Crippen LogP contribution in [-0.4, -0.2) is 64.3 Å². The molecule has 2 aromatic heterocycles. The highest BCUT2D eigenvalue weighted by Gasteiger charge is 2.26. The molecule has 0 atom stereocenters. The monoisotopic (exact) mass is 421 g/mol. The van der Waals surface area contributed by atoms with E-state index in [1.807, 2.05) is 32.0 Å². The van der Waals surface area contributed by atoms with Crippen LogP contribution in [-0.2, 0) is 4.79 Å². The van der Waals surface area contributed by atoms with Crippen molar-refractivity contribution in [1.82, 2.24) is 25.0 Å². The molecule has 1 aromatic carbocycles. The van der Waals surface area contributed by atoms with Gasteiger partial charge in [-0.2, -0.15) is 5.10 Å². The van der Waals surface area contributed by atoms with E-state index in [1.54, 1.807) is 21.8 Å². The summed E-state index contributed by atoms with van der Waals surface area (Å²) in [4.78, 5) is 31.6. The van der Waals surface area contributed by atoms with Crippen molar-refractivity contribution >= 4 is 22.8 Å². The Morgan fingerprint density at radius 3 is 2.74 bits per heavy atom. The molecule has 2 aliphatic rings. The molecule has 1 fully saturated rings. The largest absolute Gasteiger partial charge is 0.486 e. The fourth-order valence-corrected chi connectivity index (χ4v) is 3.91. The molecular weight excluding hydrogens is 398 g/mol. The third-order valence-electron chi connectivity index (χ3n) is 5.45. The Morgan fingerprint density at radius 2 is 1.97 bits per heavy atom. The Bertz CT molecular complexity index is 1190. The highest BCUT2D eigenvalue weighted by atomic mass is 16.6. The minimum Gasteiger partial charge on any atom is -0.486 e. The molecule has 0 radical (unpaired) electrons. The van der Waals surface area contributed by atoms with Crippen molar-refractivity contribution in [2.75, 3.05) is 32.8 Å². The number of benzene rings is 1. The first-order valence-corrected chi connectivity index (χ1v) is 10.4. The third-order valence-corrected chi connectivity index (χ3v) is 5.45. The van der Waals surface area contributed by atoms with E-state index in [4.69, 9.17) is 14.5 Å². The minimum atomic E-state index is -0.204. The molecule has 0 saturated carbocycles. The molecule has 0 bridgehead atoms. The zero-order valence-corrected chi connectivity index (χ0v) is 17.4. The van der Waals surface area contributed by atoms with Crippen LogP contribution in [0, 0.1) is 0 Å². The molecule has 9 heteroatoms. The summed E-state index contributed by atoms with van der Waals surface area (Å²) in [5, 5.41) is 7.89. The van der Waals surface area contributed by atoms with Gasteiger partial charge in [-0.05, 0) is 38.1 Å². The first kappa shape index (κ1) is 19.3. The van der Waals surface area contributed by atoms with Crippen LogP contribution in [0.25, 0.3) is 22.3 Å². The van der Waals surface area contributed by atoms with Crippen LogP contribution in [0.1, 0.15) is 30.2 Å². The quantitative estimate of drug-likeness (QED) is 0.695. The van der Waals surface area contributed by atoms with Crippen LogP contribution in [0.5, 0.6) is 11.5 Å². The Morgan fingerprint density at radius 1 is 1.16 bits per heavy atom. The molecule has 0 unspecified atom stereocenters. The lowest BCUT2D eigenvalue weighted by molar-refractivity contribution is -0.123. The maximum atomic E-state index is 13.4. The summed E-state index contributed by atoms with van der Waals surface area (Å²) in [5.41, 5.74) is 2.56. The van der Waals surface area contributed by atoms with Crippen molar-refractivity contribution in [2.45, 2.75) is 19.9 Å². The van der Waals surface area contributed by atoms with Gasteiger partial charge in [-0.25, -0.2) is 9.67 Å². The van der Waals surface area contributed by atoms with E-state index < -0.39 is 0 Å². The second-order valence-electron chi connectivity index (χ2n) is 7.91. The number of piperazine rings is 1. The standard InChI is InChI=1S/C22H23N5O4/c1-13(2)27-21-16(11-24-27)15(22(29)26-6-5-23-20(28)12-26)10-17(25-21)14-3-4-18-19(9-14)31-8-7-30-18/h3-4,9-11,13H,5-8,12H2,1-2H3,(H,23,28). The van der Waals surface area contributed by atoms with Gasteiger partial charge in [0.25, 0.3) is 5.91 Å². The van der Waals surface area contributed by atoms with E-state index in [0.717, 1.165) is 5.56 Å². The third kappa shape index (κ3) is 3.45. The van der Waals surface area contributed by atoms with Gasteiger partial charge in [0, 0.05) is 24.7 Å². The van der Waals surface area contributed by atoms with Gasteiger partial charge in [-0.1, -0.05) is 0 Å². The maximum Gasteiger partial charge on any atom is 0.255 e. The molecule has 31 heavy (non-hydrogen) atoms. The SMILES string of the molecule is CC(C)n1ncc2c(C(=O)N3CCNC(=O)C3)cc(-c3ccc4c(c3)OCCO4)nc21. The van der Waals surface area contributed by atoms with Crippen molar-refractivity contribution in [3.05, 3.63) is 36.0 Å². The van der Waals surface area contributed by atoms with Crippen LogP contribution < -0.4 is 14.8 Å². The van der Waals surface area contributed by atoms with E-state index in [1.165, 1.54) is 0 Å². The number of nitrogens with one attached hydrogen (secondary N) is 1. The molecule has 1 N–H and O–H groups in total. The van der Waals surface area contributed by atoms with Crippen LogP contribution in [0.2, 0.25) is 0 Å². The number of carbonyl (C=O) groups excluding carboxylic acids is 2. The molecule has 4 heterocycles. The number of aromatic nitrogens is 3. The molecular formula is C22H23N5O4. The van der Waals surface area contributed by atoms with Gasteiger partial charge in [0.2, 0.25) is 5.91 Å².